The summed E-state index contributed by atoms with van der Waals surface area (Å²) in [4.78, 5) is 28.5. The van der Waals surface area contributed by atoms with Gasteiger partial charge in [0.25, 0.3) is 0 Å². The van der Waals surface area contributed by atoms with E-state index in [-0.39, 0.29) is 18.2 Å². The molecule has 0 aliphatic carbocycles. The van der Waals surface area contributed by atoms with Crippen molar-refractivity contribution in [1.82, 2.24) is 10.2 Å². The molecular formula is C27H28Cl2N2O2. The molecule has 0 bridgehead atoms. The zero-order valence-corrected chi connectivity index (χ0v) is 20.4. The summed E-state index contributed by atoms with van der Waals surface area (Å²) in [5.41, 5.74) is 3.62. The zero-order chi connectivity index (χ0) is 23.8. The van der Waals surface area contributed by atoms with Crippen LogP contribution in [0.3, 0.4) is 0 Å². The molecule has 1 N–H and O–H groups in total. The van der Waals surface area contributed by atoms with Crippen molar-refractivity contribution >= 4 is 35.0 Å². The number of amides is 2. The average molecular weight is 483 g/mol. The number of carbonyl (C=O) groups is 2. The molecule has 3 aromatic carbocycles. The molecular weight excluding hydrogens is 455 g/mol. The van der Waals surface area contributed by atoms with E-state index in [1.807, 2.05) is 68.4 Å². The molecule has 0 aliphatic rings. The van der Waals surface area contributed by atoms with Crippen LogP contribution in [0.1, 0.15) is 29.2 Å². The molecule has 0 spiro atoms. The Morgan fingerprint density at radius 2 is 1.52 bits per heavy atom. The van der Waals surface area contributed by atoms with Gasteiger partial charge in [0.1, 0.15) is 6.04 Å². The van der Waals surface area contributed by atoms with E-state index < -0.39 is 6.04 Å². The van der Waals surface area contributed by atoms with Gasteiger partial charge in [0, 0.05) is 29.6 Å². The Morgan fingerprint density at radius 3 is 2.12 bits per heavy atom. The predicted octanol–water partition coefficient (Wildman–Crippen LogP) is 5.62. The molecule has 33 heavy (non-hydrogen) atoms. The fourth-order valence-corrected chi connectivity index (χ4v) is 4.22. The van der Waals surface area contributed by atoms with E-state index in [1.54, 1.807) is 23.1 Å². The Balaban J connectivity index is 1.98. The molecule has 1 unspecified atom stereocenters. The van der Waals surface area contributed by atoms with Gasteiger partial charge in [-0.25, -0.2) is 0 Å². The lowest BCUT2D eigenvalue weighted by atomic mass is 10.0. The molecule has 0 radical (unpaired) electrons. The fraction of sp³-hybridized carbons (Fsp3) is 0.259. The van der Waals surface area contributed by atoms with Crippen molar-refractivity contribution < 1.29 is 9.59 Å². The highest BCUT2D eigenvalue weighted by molar-refractivity contribution is 6.36. The van der Waals surface area contributed by atoms with Crippen molar-refractivity contribution in [3.8, 4) is 0 Å². The molecule has 172 valence electrons. The number of aryl methyl sites for hydroxylation is 1. The molecule has 3 rings (SSSR count). The minimum Gasteiger partial charge on any atom is -0.355 e. The van der Waals surface area contributed by atoms with Crippen LogP contribution < -0.4 is 5.32 Å². The standard InChI is InChI=1S/C27H28Cl2N2O2/c1-3-30-27(33)25(16-20-8-5-4-6-9-20)31(18-21-14-12-19(2)13-15-21)26(32)17-22-23(28)10-7-11-24(22)29/h4-15,25H,3,16-18H2,1-2H3,(H,30,33). The maximum atomic E-state index is 13.7. The highest BCUT2D eigenvalue weighted by atomic mass is 35.5. The van der Waals surface area contributed by atoms with E-state index >= 15 is 0 Å². The normalized spacial score (nSPS) is 11.6. The van der Waals surface area contributed by atoms with Crippen LogP contribution in [-0.2, 0) is 29.0 Å². The van der Waals surface area contributed by atoms with Crippen LogP contribution in [-0.4, -0.2) is 29.3 Å². The van der Waals surface area contributed by atoms with Crippen molar-refractivity contribution in [3.63, 3.8) is 0 Å². The average Bonchev–Trinajstić information content (AvgIpc) is 2.80. The van der Waals surface area contributed by atoms with Crippen LogP contribution in [0, 0.1) is 6.92 Å². The second-order valence-corrected chi connectivity index (χ2v) is 8.80. The third-order valence-electron chi connectivity index (χ3n) is 5.49. The van der Waals surface area contributed by atoms with Crippen LogP contribution >= 0.6 is 23.2 Å². The Labute approximate surface area is 205 Å². The maximum Gasteiger partial charge on any atom is 0.243 e. The first-order valence-electron chi connectivity index (χ1n) is 11.0. The van der Waals surface area contributed by atoms with Crippen molar-refractivity contribution in [2.24, 2.45) is 0 Å². The highest BCUT2D eigenvalue weighted by Crippen LogP contribution is 2.26. The summed E-state index contributed by atoms with van der Waals surface area (Å²) in [6.07, 6.45) is 0.412. The Kier molecular flexibility index (Phi) is 8.93. The topological polar surface area (TPSA) is 49.4 Å². The molecule has 4 nitrogen and oxygen atoms in total. The molecule has 0 saturated heterocycles. The molecule has 1 atom stereocenters. The molecule has 0 saturated carbocycles. The number of nitrogens with one attached hydrogen (secondary N) is 1. The van der Waals surface area contributed by atoms with Crippen molar-refractivity contribution in [3.05, 3.63) is 105 Å². The number of nitrogens with zero attached hydrogens (tertiary/aromatic N) is 1. The van der Waals surface area contributed by atoms with Gasteiger partial charge in [0.05, 0.1) is 6.42 Å². The molecule has 0 heterocycles. The quantitative estimate of drug-likeness (QED) is 0.430. The predicted molar refractivity (Wildman–Crippen MR) is 135 cm³/mol. The lowest BCUT2D eigenvalue weighted by Crippen LogP contribution is -2.51. The Hall–Kier alpha value is -2.82. The van der Waals surface area contributed by atoms with Crippen molar-refractivity contribution in [2.75, 3.05) is 6.54 Å². The number of hydrogen-bond acceptors (Lipinski definition) is 2. The van der Waals surface area contributed by atoms with E-state index in [0.717, 1.165) is 16.7 Å². The lowest BCUT2D eigenvalue weighted by molar-refractivity contribution is -0.140. The van der Waals surface area contributed by atoms with Crippen LogP contribution in [0.25, 0.3) is 0 Å². The molecule has 0 aromatic heterocycles. The summed E-state index contributed by atoms with van der Waals surface area (Å²) in [7, 11) is 0. The van der Waals surface area contributed by atoms with Gasteiger partial charge in [0.15, 0.2) is 0 Å². The third kappa shape index (κ3) is 6.83. The Morgan fingerprint density at radius 1 is 0.879 bits per heavy atom. The second-order valence-electron chi connectivity index (χ2n) is 7.98. The second kappa shape index (κ2) is 11.9. The molecule has 0 aliphatic heterocycles. The number of rotatable bonds is 9. The van der Waals surface area contributed by atoms with Crippen LogP contribution in [0.4, 0.5) is 0 Å². The van der Waals surface area contributed by atoms with E-state index in [0.29, 0.717) is 35.1 Å². The molecule has 0 fully saturated rings. The summed E-state index contributed by atoms with van der Waals surface area (Å²) in [5, 5.41) is 3.77. The van der Waals surface area contributed by atoms with Gasteiger partial charge in [-0.1, -0.05) is 89.4 Å². The third-order valence-corrected chi connectivity index (χ3v) is 6.19. The minimum absolute atomic E-state index is 0.00899. The van der Waals surface area contributed by atoms with Crippen molar-refractivity contribution in [2.45, 2.75) is 39.3 Å². The monoisotopic (exact) mass is 482 g/mol. The summed E-state index contributed by atoms with van der Waals surface area (Å²) in [6.45, 7) is 4.66. The smallest absolute Gasteiger partial charge is 0.243 e. The Bertz CT molecular complexity index is 1060. The van der Waals surface area contributed by atoms with Gasteiger partial charge in [-0.3, -0.25) is 9.59 Å². The minimum atomic E-state index is -0.678. The molecule has 6 heteroatoms. The molecule has 2 amide bonds. The van der Waals surface area contributed by atoms with Gasteiger partial charge >= 0.3 is 0 Å². The van der Waals surface area contributed by atoms with Crippen LogP contribution in [0.15, 0.2) is 72.8 Å². The number of carbonyl (C=O) groups excluding carboxylic acids is 2. The first kappa shape index (κ1) is 24.8. The van der Waals surface area contributed by atoms with Crippen molar-refractivity contribution in [1.29, 1.82) is 0 Å². The van der Waals surface area contributed by atoms with Gasteiger partial charge in [0.2, 0.25) is 11.8 Å². The molecule has 3 aromatic rings. The first-order chi connectivity index (χ1) is 15.9. The van der Waals surface area contributed by atoms with E-state index in [9.17, 15) is 9.59 Å². The van der Waals surface area contributed by atoms with E-state index in [2.05, 4.69) is 5.32 Å². The summed E-state index contributed by atoms with van der Waals surface area (Å²) >= 11 is 12.7. The highest BCUT2D eigenvalue weighted by Gasteiger charge is 2.30. The van der Waals surface area contributed by atoms with Gasteiger partial charge < -0.3 is 10.2 Å². The maximum absolute atomic E-state index is 13.7. The zero-order valence-electron chi connectivity index (χ0n) is 18.9. The van der Waals surface area contributed by atoms with E-state index in [4.69, 9.17) is 23.2 Å². The lowest BCUT2D eigenvalue weighted by Gasteiger charge is -2.32. The van der Waals surface area contributed by atoms with Crippen LogP contribution in [0.2, 0.25) is 10.0 Å². The summed E-state index contributed by atoms with van der Waals surface area (Å²) in [5.74, 6) is -0.398. The summed E-state index contributed by atoms with van der Waals surface area (Å²) in [6, 6.07) is 22.2. The first-order valence-corrected chi connectivity index (χ1v) is 11.7. The largest absolute Gasteiger partial charge is 0.355 e. The SMILES string of the molecule is CCNC(=O)C(Cc1ccccc1)N(Cc1ccc(C)cc1)C(=O)Cc1c(Cl)cccc1Cl. The summed E-state index contributed by atoms with van der Waals surface area (Å²) < 4.78 is 0. The van der Waals surface area contributed by atoms with Crippen LogP contribution in [0.5, 0.6) is 0 Å². The number of hydrogen-bond donors (Lipinski definition) is 1. The van der Waals surface area contributed by atoms with Gasteiger partial charge in [-0.15, -0.1) is 0 Å². The van der Waals surface area contributed by atoms with E-state index in [1.165, 1.54) is 0 Å². The number of benzene rings is 3. The number of likely N-dealkylation sites (N-methyl/N-ethyl adjacent to an activating group) is 1. The number of halogens is 2. The van der Waals surface area contributed by atoms with Gasteiger partial charge in [-0.2, -0.15) is 0 Å². The van der Waals surface area contributed by atoms with Gasteiger partial charge in [-0.05, 0) is 42.7 Å². The fourth-order valence-electron chi connectivity index (χ4n) is 3.69.